The molecule has 2 aromatic carbocycles. The monoisotopic (exact) mass is 471 g/mol. The van der Waals surface area contributed by atoms with Gasteiger partial charge in [0.15, 0.2) is 20.8 Å². The third kappa shape index (κ3) is 4.73. The Labute approximate surface area is 192 Å². The summed E-state index contributed by atoms with van der Waals surface area (Å²) in [4.78, 5) is 31.0. The van der Waals surface area contributed by atoms with E-state index in [0.717, 1.165) is 17.7 Å². The van der Waals surface area contributed by atoms with E-state index < -0.39 is 9.84 Å². The lowest BCUT2D eigenvalue weighted by Crippen LogP contribution is -2.39. The Morgan fingerprint density at radius 2 is 1.94 bits per heavy atom. The highest BCUT2D eigenvalue weighted by Gasteiger charge is 2.47. The molecule has 168 valence electrons. The van der Waals surface area contributed by atoms with Crippen molar-refractivity contribution in [1.29, 1.82) is 0 Å². The lowest BCUT2D eigenvalue weighted by atomic mass is 10.1. The van der Waals surface area contributed by atoms with Crippen LogP contribution < -0.4 is 10.2 Å². The van der Waals surface area contributed by atoms with Gasteiger partial charge in [-0.2, -0.15) is 0 Å². The van der Waals surface area contributed by atoms with Crippen molar-refractivity contribution in [3.63, 3.8) is 0 Å². The van der Waals surface area contributed by atoms with Crippen molar-refractivity contribution in [2.24, 2.45) is 4.99 Å². The number of fused-ring (bicyclic) bond motifs is 1. The van der Waals surface area contributed by atoms with Crippen molar-refractivity contribution in [3.05, 3.63) is 59.7 Å². The van der Waals surface area contributed by atoms with Crippen molar-refractivity contribution in [2.75, 3.05) is 27.5 Å². The van der Waals surface area contributed by atoms with Gasteiger partial charge >= 0.3 is 0 Å². The number of hydrogen-bond donors (Lipinski definition) is 1. The summed E-state index contributed by atoms with van der Waals surface area (Å²) >= 11 is 1.28. The Kier molecular flexibility index (Phi) is 6.39. The van der Waals surface area contributed by atoms with Gasteiger partial charge in [0.05, 0.1) is 29.3 Å². The number of aliphatic imine (C=N–C) groups is 1. The molecule has 0 aromatic heterocycles. The summed E-state index contributed by atoms with van der Waals surface area (Å²) in [5.41, 5.74) is 3.12. The SMILES string of the molecule is CCc1ccccc1NC(=O)CSC1=N[C@H]2CS(=O)(=O)C[C@@H]2N1c1cccc(C(C)=O)c1. The summed E-state index contributed by atoms with van der Waals surface area (Å²) in [6, 6.07) is 14.1. The van der Waals surface area contributed by atoms with Crippen LogP contribution in [0.2, 0.25) is 0 Å². The van der Waals surface area contributed by atoms with Gasteiger partial charge in [-0.1, -0.05) is 49.0 Å². The first-order chi connectivity index (χ1) is 15.3. The third-order valence-electron chi connectivity index (χ3n) is 5.64. The molecule has 2 aliphatic rings. The summed E-state index contributed by atoms with van der Waals surface area (Å²) in [5, 5.41) is 3.56. The molecule has 0 aliphatic carbocycles. The molecule has 9 heteroatoms. The maximum Gasteiger partial charge on any atom is 0.234 e. The van der Waals surface area contributed by atoms with Crippen LogP contribution in [-0.4, -0.2) is 54.6 Å². The third-order valence-corrected chi connectivity index (χ3v) is 8.31. The van der Waals surface area contributed by atoms with Crippen molar-refractivity contribution in [1.82, 2.24) is 0 Å². The Morgan fingerprint density at radius 1 is 1.16 bits per heavy atom. The molecular formula is C23H25N3O4S2. The van der Waals surface area contributed by atoms with Gasteiger partial charge < -0.3 is 10.2 Å². The quantitative estimate of drug-likeness (QED) is 0.650. The second-order valence-corrected chi connectivity index (χ2v) is 11.0. The van der Waals surface area contributed by atoms with Crippen LogP contribution >= 0.6 is 11.8 Å². The Morgan fingerprint density at radius 3 is 2.69 bits per heavy atom. The van der Waals surface area contributed by atoms with Crippen LogP contribution in [0.1, 0.15) is 29.8 Å². The maximum atomic E-state index is 12.6. The van der Waals surface area contributed by atoms with Crippen LogP contribution in [-0.2, 0) is 21.1 Å². The van der Waals surface area contributed by atoms with Crippen molar-refractivity contribution in [3.8, 4) is 0 Å². The molecule has 0 radical (unpaired) electrons. The first-order valence-corrected chi connectivity index (χ1v) is 13.3. The summed E-state index contributed by atoms with van der Waals surface area (Å²) in [6.45, 7) is 3.53. The molecule has 2 aromatic rings. The zero-order chi connectivity index (χ0) is 22.9. The van der Waals surface area contributed by atoms with Gasteiger partial charge in [-0.15, -0.1) is 0 Å². The molecule has 1 fully saturated rings. The number of rotatable bonds is 6. The minimum Gasteiger partial charge on any atom is -0.325 e. The van der Waals surface area contributed by atoms with E-state index >= 15 is 0 Å². The Hall–Kier alpha value is -2.65. The molecule has 4 rings (SSSR count). The predicted octanol–water partition coefficient (Wildman–Crippen LogP) is 3.17. The average molecular weight is 472 g/mol. The van der Waals surface area contributed by atoms with Crippen LogP contribution in [0.25, 0.3) is 0 Å². The highest BCUT2D eigenvalue weighted by atomic mass is 32.2. The topological polar surface area (TPSA) is 95.9 Å². The number of thioether (sulfide) groups is 1. The number of ketones is 1. The first kappa shape index (κ1) is 22.5. The van der Waals surface area contributed by atoms with Gasteiger partial charge in [0.2, 0.25) is 5.91 Å². The fourth-order valence-electron chi connectivity index (χ4n) is 4.08. The van der Waals surface area contributed by atoms with E-state index in [1.54, 1.807) is 18.2 Å². The molecule has 1 saturated heterocycles. The standard InChI is InChI=1S/C23H25N3O4S2/c1-3-16-7-4-5-10-19(16)24-22(28)12-31-23-25-20-13-32(29,30)14-21(20)26(23)18-9-6-8-17(11-18)15(2)27/h4-11,20-21H,3,12-14H2,1-2H3,(H,24,28)/t20-,21-/m0/s1. The lowest BCUT2D eigenvalue weighted by molar-refractivity contribution is -0.113. The highest BCUT2D eigenvalue weighted by Crippen LogP contribution is 2.35. The molecule has 2 heterocycles. The number of aryl methyl sites for hydroxylation is 1. The Balaban J connectivity index is 1.54. The number of carbonyl (C=O) groups is 2. The number of anilines is 2. The molecular weight excluding hydrogens is 446 g/mol. The Bertz CT molecular complexity index is 1190. The van der Waals surface area contributed by atoms with Gasteiger partial charge in [-0.05, 0) is 37.1 Å². The molecule has 2 atom stereocenters. The van der Waals surface area contributed by atoms with Crippen LogP contribution in [0.3, 0.4) is 0 Å². The number of nitrogens with one attached hydrogen (secondary N) is 1. The van der Waals surface area contributed by atoms with Crippen LogP contribution in [0.5, 0.6) is 0 Å². The lowest BCUT2D eigenvalue weighted by Gasteiger charge is -2.26. The van der Waals surface area contributed by atoms with Crippen LogP contribution in [0.4, 0.5) is 11.4 Å². The van der Waals surface area contributed by atoms with Gasteiger partial charge in [0.25, 0.3) is 0 Å². The van der Waals surface area contributed by atoms with E-state index in [-0.39, 0.29) is 41.0 Å². The number of nitrogens with zero attached hydrogens (tertiary/aromatic N) is 2. The zero-order valence-electron chi connectivity index (χ0n) is 17.9. The summed E-state index contributed by atoms with van der Waals surface area (Å²) in [7, 11) is -3.18. The molecule has 2 aliphatic heterocycles. The van der Waals surface area contributed by atoms with Crippen molar-refractivity contribution in [2.45, 2.75) is 32.4 Å². The minimum absolute atomic E-state index is 0.000692. The smallest absolute Gasteiger partial charge is 0.234 e. The van der Waals surface area contributed by atoms with Gasteiger partial charge in [-0.25, -0.2) is 8.42 Å². The molecule has 0 saturated carbocycles. The molecule has 0 unspecified atom stereocenters. The number of benzene rings is 2. The van der Waals surface area contributed by atoms with E-state index in [9.17, 15) is 18.0 Å². The summed E-state index contributed by atoms with van der Waals surface area (Å²) in [5.74, 6) is -0.0689. The van der Waals surface area contributed by atoms with Crippen LogP contribution in [0.15, 0.2) is 53.5 Å². The molecule has 7 nitrogen and oxygen atoms in total. The number of Topliss-reactive ketones (excluding diaryl/α,β-unsaturated/α-hetero) is 1. The second kappa shape index (κ2) is 9.07. The fraction of sp³-hybridized carbons (Fsp3) is 0.348. The number of carbonyl (C=O) groups excluding carboxylic acids is 2. The number of para-hydroxylation sites is 1. The van der Waals surface area contributed by atoms with Gasteiger partial charge in [0, 0.05) is 16.9 Å². The summed E-state index contributed by atoms with van der Waals surface area (Å²) < 4.78 is 24.4. The van der Waals surface area contributed by atoms with E-state index in [4.69, 9.17) is 0 Å². The molecule has 0 spiro atoms. The fourth-order valence-corrected chi connectivity index (χ4v) is 6.84. The minimum atomic E-state index is -3.18. The predicted molar refractivity (Wildman–Crippen MR) is 129 cm³/mol. The van der Waals surface area contributed by atoms with Gasteiger partial charge in [0.1, 0.15) is 0 Å². The first-order valence-electron chi connectivity index (χ1n) is 10.5. The van der Waals surface area contributed by atoms with Crippen molar-refractivity contribution >= 4 is 49.8 Å². The van der Waals surface area contributed by atoms with E-state index in [2.05, 4.69) is 10.3 Å². The largest absolute Gasteiger partial charge is 0.325 e. The van der Waals surface area contributed by atoms with Crippen molar-refractivity contribution < 1.29 is 18.0 Å². The zero-order valence-corrected chi connectivity index (χ0v) is 19.6. The van der Waals surface area contributed by atoms with E-state index in [0.29, 0.717) is 16.4 Å². The molecule has 32 heavy (non-hydrogen) atoms. The molecule has 0 bridgehead atoms. The molecule has 1 N–H and O–H groups in total. The molecule has 1 amide bonds. The highest BCUT2D eigenvalue weighted by molar-refractivity contribution is 8.14. The average Bonchev–Trinajstić information content (AvgIpc) is 3.23. The van der Waals surface area contributed by atoms with Gasteiger partial charge in [-0.3, -0.25) is 14.6 Å². The second-order valence-electron chi connectivity index (χ2n) is 7.95. The normalized spacial score (nSPS) is 21.2. The number of amidine groups is 1. The van der Waals surface area contributed by atoms with E-state index in [1.165, 1.54) is 18.7 Å². The van der Waals surface area contributed by atoms with Crippen LogP contribution in [0, 0.1) is 0 Å². The summed E-state index contributed by atoms with van der Waals surface area (Å²) in [6.07, 6.45) is 0.814. The maximum absolute atomic E-state index is 12.6. The van der Waals surface area contributed by atoms with E-state index in [1.807, 2.05) is 42.2 Å². The number of amides is 1. The number of hydrogen-bond acceptors (Lipinski definition) is 7. The number of sulfone groups is 1.